The number of thioether (sulfide) groups is 1. The SMILES string of the molecule is Cc1ccc(F)c(N2C(=O)CS[C@H]2c2cccc(NC(=O)c3cccc(F)c3)c2)c1. The normalized spacial score (nSPS) is 16.0. The lowest BCUT2D eigenvalue weighted by atomic mass is 10.1. The predicted octanol–water partition coefficient (Wildman–Crippen LogP) is 5.30. The molecule has 4 nitrogen and oxygen atoms in total. The Balaban J connectivity index is 1.62. The van der Waals surface area contributed by atoms with Crippen LogP contribution in [0.1, 0.15) is 26.9 Å². The number of anilines is 2. The fourth-order valence-electron chi connectivity index (χ4n) is 3.34. The summed E-state index contributed by atoms with van der Waals surface area (Å²) in [5.74, 6) is -1.34. The van der Waals surface area contributed by atoms with Crippen LogP contribution in [-0.4, -0.2) is 17.6 Å². The molecule has 1 saturated heterocycles. The molecule has 3 aromatic carbocycles. The Labute approximate surface area is 176 Å². The molecule has 0 saturated carbocycles. The van der Waals surface area contributed by atoms with Gasteiger partial charge in [0.1, 0.15) is 17.0 Å². The highest BCUT2D eigenvalue weighted by molar-refractivity contribution is 8.00. The van der Waals surface area contributed by atoms with Crippen molar-refractivity contribution in [3.05, 3.63) is 95.1 Å². The van der Waals surface area contributed by atoms with E-state index in [9.17, 15) is 18.4 Å². The van der Waals surface area contributed by atoms with E-state index in [0.717, 1.165) is 17.2 Å². The summed E-state index contributed by atoms with van der Waals surface area (Å²) in [6, 6.07) is 17.1. The van der Waals surface area contributed by atoms with Crippen LogP contribution in [-0.2, 0) is 4.79 Å². The average Bonchev–Trinajstić information content (AvgIpc) is 3.11. The molecule has 0 aromatic heterocycles. The van der Waals surface area contributed by atoms with Crippen molar-refractivity contribution >= 4 is 35.0 Å². The molecular formula is C23H18F2N2O2S. The van der Waals surface area contributed by atoms with Crippen LogP contribution in [0.3, 0.4) is 0 Å². The lowest BCUT2D eigenvalue weighted by molar-refractivity contribution is -0.115. The molecule has 3 aromatic rings. The van der Waals surface area contributed by atoms with Gasteiger partial charge in [0.25, 0.3) is 5.91 Å². The van der Waals surface area contributed by atoms with Crippen LogP contribution < -0.4 is 10.2 Å². The van der Waals surface area contributed by atoms with Crippen molar-refractivity contribution in [3.8, 4) is 0 Å². The summed E-state index contributed by atoms with van der Waals surface area (Å²) in [7, 11) is 0. The molecule has 1 fully saturated rings. The summed E-state index contributed by atoms with van der Waals surface area (Å²) < 4.78 is 27.9. The molecular weight excluding hydrogens is 406 g/mol. The maximum Gasteiger partial charge on any atom is 0.255 e. The van der Waals surface area contributed by atoms with Crippen molar-refractivity contribution < 1.29 is 18.4 Å². The minimum atomic E-state index is -0.493. The highest BCUT2D eigenvalue weighted by atomic mass is 32.2. The van der Waals surface area contributed by atoms with E-state index in [1.54, 1.807) is 30.3 Å². The zero-order valence-corrected chi connectivity index (χ0v) is 16.9. The standard InChI is InChI=1S/C23H18F2N2O2S/c1-14-8-9-19(25)20(10-14)27-21(28)13-30-23(27)16-5-3-7-18(12-16)26-22(29)15-4-2-6-17(24)11-15/h2-12,23H,13H2,1H3,(H,26,29)/t23-/m0/s1. The molecule has 30 heavy (non-hydrogen) atoms. The number of rotatable bonds is 4. The summed E-state index contributed by atoms with van der Waals surface area (Å²) in [6.07, 6.45) is 0. The minimum Gasteiger partial charge on any atom is -0.322 e. The molecule has 4 rings (SSSR count). The van der Waals surface area contributed by atoms with Gasteiger partial charge < -0.3 is 5.32 Å². The van der Waals surface area contributed by atoms with Crippen LogP contribution >= 0.6 is 11.8 Å². The van der Waals surface area contributed by atoms with Gasteiger partial charge in [0.2, 0.25) is 5.91 Å². The second-order valence-corrected chi connectivity index (χ2v) is 8.04. The number of benzene rings is 3. The number of nitrogens with one attached hydrogen (secondary N) is 1. The van der Waals surface area contributed by atoms with Gasteiger partial charge >= 0.3 is 0 Å². The monoisotopic (exact) mass is 424 g/mol. The van der Waals surface area contributed by atoms with Crippen molar-refractivity contribution in [3.63, 3.8) is 0 Å². The third kappa shape index (κ3) is 4.07. The van der Waals surface area contributed by atoms with E-state index < -0.39 is 22.9 Å². The van der Waals surface area contributed by atoms with Crippen LogP contribution in [0, 0.1) is 18.6 Å². The smallest absolute Gasteiger partial charge is 0.255 e. The molecule has 1 aliphatic heterocycles. The van der Waals surface area contributed by atoms with Gasteiger partial charge in [-0.1, -0.05) is 24.3 Å². The van der Waals surface area contributed by atoms with E-state index in [0.29, 0.717) is 5.69 Å². The Morgan fingerprint density at radius 1 is 1.07 bits per heavy atom. The molecule has 0 spiro atoms. The van der Waals surface area contributed by atoms with Crippen LogP contribution in [0.5, 0.6) is 0 Å². The van der Waals surface area contributed by atoms with Gasteiger partial charge in [-0.05, 0) is 60.5 Å². The van der Waals surface area contributed by atoms with Gasteiger partial charge in [-0.15, -0.1) is 11.8 Å². The van der Waals surface area contributed by atoms with E-state index in [2.05, 4.69) is 5.32 Å². The van der Waals surface area contributed by atoms with Crippen LogP contribution in [0.25, 0.3) is 0 Å². The largest absolute Gasteiger partial charge is 0.322 e. The van der Waals surface area contributed by atoms with Gasteiger partial charge in [0, 0.05) is 11.3 Å². The lowest BCUT2D eigenvalue weighted by Crippen LogP contribution is -2.28. The average molecular weight is 424 g/mol. The maximum atomic E-state index is 14.5. The number of halogens is 2. The van der Waals surface area contributed by atoms with E-state index in [4.69, 9.17) is 0 Å². The number of nitrogens with zero attached hydrogens (tertiary/aromatic N) is 1. The Bertz CT molecular complexity index is 1140. The molecule has 7 heteroatoms. The first-order valence-electron chi connectivity index (χ1n) is 9.29. The van der Waals surface area contributed by atoms with Crippen LogP contribution in [0.15, 0.2) is 66.7 Å². The van der Waals surface area contributed by atoms with Gasteiger partial charge in [-0.2, -0.15) is 0 Å². The van der Waals surface area contributed by atoms with E-state index in [1.165, 1.54) is 40.9 Å². The topological polar surface area (TPSA) is 49.4 Å². The lowest BCUT2D eigenvalue weighted by Gasteiger charge is -2.25. The third-order valence-corrected chi connectivity index (χ3v) is 5.96. The first kappa shape index (κ1) is 20.1. The molecule has 0 unspecified atom stereocenters. The molecule has 0 aliphatic carbocycles. The van der Waals surface area contributed by atoms with Gasteiger partial charge in [0.15, 0.2) is 0 Å². The fourth-order valence-corrected chi connectivity index (χ4v) is 4.50. The summed E-state index contributed by atoms with van der Waals surface area (Å²) >= 11 is 1.39. The third-order valence-electron chi connectivity index (χ3n) is 4.75. The maximum absolute atomic E-state index is 14.5. The molecule has 152 valence electrons. The Kier molecular flexibility index (Phi) is 5.55. The Morgan fingerprint density at radius 2 is 1.87 bits per heavy atom. The number of hydrogen-bond donors (Lipinski definition) is 1. The summed E-state index contributed by atoms with van der Waals surface area (Å²) in [5, 5.41) is 2.33. The van der Waals surface area contributed by atoms with Crippen LogP contribution in [0.2, 0.25) is 0 Å². The van der Waals surface area contributed by atoms with Gasteiger partial charge in [-0.3, -0.25) is 14.5 Å². The van der Waals surface area contributed by atoms with Crippen molar-refractivity contribution in [2.45, 2.75) is 12.3 Å². The zero-order valence-electron chi connectivity index (χ0n) is 16.1. The van der Waals surface area contributed by atoms with Crippen molar-refractivity contribution in [1.29, 1.82) is 0 Å². The predicted molar refractivity (Wildman–Crippen MR) is 115 cm³/mol. The van der Waals surface area contributed by atoms with Gasteiger partial charge in [0.05, 0.1) is 11.4 Å². The molecule has 2 amide bonds. The molecule has 1 aliphatic rings. The summed E-state index contributed by atoms with van der Waals surface area (Å²) in [6.45, 7) is 1.84. The summed E-state index contributed by atoms with van der Waals surface area (Å²) in [5.41, 5.74) is 2.56. The molecule has 1 heterocycles. The molecule has 1 N–H and O–H groups in total. The first-order valence-corrected chi connectivity index (χ1v) is 10.3. The highest BCUT2D eigenvalue weighted by Crippen LogP contribution is 2.43. The number of carbonyl (C=O) groups excluding carboxylic acids is 2. The molecule has 0 bridgehead atoms. The zero-order chi connectivity index (χ0) is 21.3. The molecule has 0 radical (unpaired) electrons. The molecule has 1 atom stereocenters. The van der Waals surface area contributed by atoms with E-state index in [-0.39, 0.29) is 22.9 Å². The van der Waals surface area contributed by atoms with Crippen molar-refractivity contribution in [1.82, 2.24) is 0 Å². The Morgan fingerprint density at radius 3 is 2.67 bits per heavy atom. The fraction of sp³-hybridized carbons (Fsp3) is 0.130. The number of carbonyl (C=O) groups is 2. The first-order chi connectivity index (χ1) is 14.4. The second-order valence-electron chi connectivity index (χ2n) is 6.97. The number of hydrogen-bond acceptors (Lipinski definition) is 3. The van der Waals surface area contributed by atoms with E-state index >= 15 is 0 Å². The number of aryl methyl sites for hydroxylation is 1. The van der Waals surface area contributed by atoms with Gasteiger partial charge in [-0.25, -0.2) is 8.78 Å². The second kappa shape index (κ2) is 8.28. The van der Waals surface area contributed by atoms with Crippen molar-refractivity contribution in [2.24, 2.45) is 0 Å². The highest BCUT2D eigenvalue weighted by Gasteiger charge is 2.35. The van der Waals surface area contributed by atoms with E-state index in [1.807, 2.05) is 13.0 Å². The quantitative estimate of drug-likeness (QED) is 0.618. The summed E-state index contributed by atoms with van der Waals surface area (Å²) in [4.78, 5) is 26.4. The Hall–Kier alpha value is -3.19. The minimum absolute atomic E-state index is 0.177. The van der Waals surface area contributed by atoms with Crippen molar-refractivity contribution in [2.75, 3.05) is 16.0 Å². The number of amides is 2. The van der Waals surface area contributed by atoms with Crippen LogP contribution in [0.4, 0.5) is 20.2 Å².